The van der Waals surface area contributed by atoms with Gasteiger partial charge in [0.2, 0.25) is 11.9 Å². The Balaban J connectivity index is 0.00000196. The van der Waals surface area contributed by atoms with E-state index in [1.54, 1.807) is 6.20 Å². The van der Waals surface area contributed by atoms with E-state index in [2.05, 4.69) is 15.3 Å². The van der Waals surface area contributed by atoms with Crippen molar-refractivity contribution in [1.29, 1.82) is 0 Å². The number of methoxy groups -OCH3 is 1. The molecule has 0 aromatic carbocycles. The first-order valence-electron chi connectivity index (χ1n) is 4.20. The van der Waals surface area contributed by atoms with E-state index in [4.69, 9.17) is 10.5 Å². The number of H-pyrrole nitrogens is 1. The number of hydrogen-bond acceptors (Lipinski definition) is 4. The number of rotatable bonds is 4. The Labute approximate surface area is 94.0 Å². The number of halogens is 1. The summed E-state index contributed by atoms with van der Waals surface area (Å²) >= 11 is 0. The molecule has 4 N–H and O–H groups in total. The number of amides is 1. The highest BCUT2D eigenvalue weighted by atomic mass is 35.5. The van der Waals surface area contributed by atoms with Crippen molar-refractivity contribution in [3.05, 3.63) is 11.9 Å². The molecule has 0 aliphatic heterocycles. The zero-order chi connectivity index (χ0) is 10.6. The number of ether oxygens (including phenoxy) is 1. The van der Waals surface area contributed by atoms with Crippen LogP contribution in [0.3, 0.4) is 0 Å². The molecule has 7 heteroatoms. The van der Waals surface area contributed by atoms with E-state index in [0.717, 1.165) is 5.69 Å². The second kappa shape index (κ2) is 6.39. The number of aromatic amines is 1. The molecule has 1 aromatic rings. The summed E-state index contributed by atoms with van der Waals surface area (Å²) in [5.74, 6) is 0.0836. The zero-order valence-corrected chi connectivity index (χ0v) is 9.43. The third kappa shape index (κ3) is 4.28. The average Bonchev–Trinajstić information content (AvgIpc) is 2.51. The van der Waals surface area contributed by atoms with Crippen LogP contribution in [0.4, 0.5) is 5.95 Å². The van der Waals surface area contributed by atoms with Crippen LogP contribution in [0.15, 0.2) is 6.20 Å². The molecule has 1 aromatic heterocycles. The number of nitrogens with two attached hydrogens (primary N) is 1. The monoisotopic (exact) mass is 234 g/mol. The van der Waals surface area contributed by atoms with Crippen LogP contribution in [0.25, 0.3) is 0 Å². The third-order valence-electron chi connectivity index (χ3n) is 1.63. The predicted octanol–water partition coefficient (Wildman–Crippen LogP) is 0.0521. The van der Waals surface area contributed by atoms with E-state index in [-0.39, 0.29) is 24.9 Å². The number of aromatic nitrogens is 2. The molecule has 0 saturated carbocycles. The van der Waals surface area contributed by atoms with Crippen LogP contribution < -0.4 is 11.1 Å². The number of aryl methyl sites for hydroxylation is 1. The van der Waals surface area contributed by atoms with Crippen molar-refractivity contribution in [2.24, 2.45) is 5.73 Å². The molecule has 0 aliphatic rings. The quantitative estimate of drug-likeness (QED) is 0.687. The number of anilines is 1. The smallest absolute Gasteiger partial charge is 0.245 e. The molecule has 0 saturated heterocycles. The second-order valence-electron chi connectivity index (χ2n) is 2.97. The highest BCUT2D eigenvalue weighted by Crippen LogP contribution is 2.00. The van der Waals surface area contributed by atoms with Gasteiger partial charge in [0.05, 0.1) is 6.61 Å². The lowest BCUT2D eigenvalue weighted by Crippen LogP contribution is -2.39. The number of imidazole rings is 1. The fourth-order valence-electron chi connectivity index (χ4n) is 0.941. The Bertz CT molecular complexity index is 315. The van der Waals surface area contributed by atoms with Crippen LogP contribution in [-0.2, 0) is 9.53 Å². The van der Waals surface area contributed by atoms with Gasteiger partial charge in [-0.25, -0.2) is 4.98 Å². The molecule has 0 spiro atoms. The van der Waals surface area contributed by atoms with Crippen molar-refractivity contribution >= 4 is 24.3 Å². The first kappa shape index (κ1) is 13.9. The van der Waals surface area contributed by atoms with Gasteiger partial charge in [0.1, 0.15) is 6.04 Å². The van der Waals surface area contributed by atoms with Gasteiger partial charge in [-0.2, -0.15) is 0 Å². The van der Waals surface area contributed by atoms with Crippen LogP contribution >= 0.6 is 12.4 Å². The van der Waals surface area contributed by atoms with E-state index in [1.165, 1.54) is 7.11 Å². The summed E-state index contributed by atoms with van der Waals surface area (Å²) in [5, 5.41) is 2.54. The first-order valence-corrected chi connectivity index (χ1v) is 4.20. The lowest BCUT2D eigenvalue weighted by Gasteiger charge is -2.08. The topological polar surface area (TPSA) is 93.0 Å². The van der Waals surface area contributed by atoms with Gasteiger partial charge in [0, 0.05) is 19.0 Å². The van der Waals surface area contributed by atoms with Crippen molar-refractivity contribution in [3.63, 3.8) is 0 Å². The Kier molecular flexibility index (Phi) is 5.92. The summed E-state index contributed by atoms with van der Waals surface area (Å²) in [6, 6.07) is -0.676. The molecule has 1 atom stereocenters. The highest BCUT2D eigenvalue weighted by Gasteiger charge is 2.13. The van der Waals surface area contributed by atoms with Crippen LogP contribution in [0.2, 0.25) is 0 Å². The molecule has 0 radical (unpaired) electrons. The van der Waals surface area contributed by atoms with Gasteiger partial charge in [-0.1, -0.05) is 0 Å². The van der Waals surface area contributed by atoms with Gasteiger partial charge in [-0.3, -0.25) is 10.1 Å². The molecule has 0 fully saturated rings. The molecule has 1 unspecified atom stereocenters. The van der Waals surface area contributed by atoms with Gasteiger partial charge in [0.25, 0.3) is 0 Å². The molecular formula is C8H15ClN4O2. The SMILES string of the molecule is COCC(N)C(=O)Nc1ncc(C)[nH]1.Cl. The molecule has 1 amide bonds. The van der Waals surface area contributed by atoms with Gasteiger partial charge in [-0.05, 0) is 6.92 Å². The van der Waals surface area contributed by atoms with Crippen LogP contribution in [0, 0.1) is 6.92 Å². The van der Waals surface area contributed by atoms with Crippen molar-refractivity contribution in [1.82, 2.24) is 9.97 Å². The minimum Gasteiger partial charge on any atom is -0.383 e. The summed E-state index contributed by atoms with van der Waals surface area (Å²) in [4.78, 5) is 18.1. The van der Waals surface area contributed by atoms with Gasteiger partial charge in [-0.15, -0.1) is 12.4 Å². The van der Waals surface area contributed by atoms with Crippen molar-refractivity contribution in [2.75, 3.05) is 19.0 Å². The van der Waals surface area contributed by atoms with E-state index in [9.17, 15) is 4.79 Å². The van der Waals surface area contributed by atoms with Crippen LogP contribution in [-0.4, -0.2) is 35.6 Å². The molecule has 1 rings (SSSR count). The van der Waals surface area contributed by atoms with E-state index >= 15 is 0 Å². The molecule has 86 valence electrons. The minimum atomic E-state index is -0.676. The minimum absolute atomic E-state index is 0. The van der Waals surface area contributed by atoms with Crippen molar-refractivity contribution in [3.8, 4) is 0 Å². The largest absolute Gasteiger partial charge is 0.383 e. The van der Waals surface area contributed by atoms with Gasteiger partial charge in [0.15, 0.2) is 0 Å². The Morgan fingerprint density at radius 2 is 2.47 bits per heavy atom. The van der Waals surface area contributed by atoms with E-state index < -0.39 is 6.04 Å². The number of nitrogens with zero attached hydrogens (tertiary/aromatic N) is 1. The van der Waals surface area contributed by atoms with Crippen LogP contribution in [0.1, 0.15) is 5.69 Å². The van der Waals surface area contributed by atoms with E-state index in [0.29, 0.717) is 5.95 Å². The molecular weight excluding hydrogens is 220 g/mol. The van der Waals surface area contributed by atoms with Gasteiger partial charge >= 0.3 is 0 Å². The molecule has 0 aliphatic carbocycles. The Morgan fingerprint density at radius 3 is 2.93 bits per heavy atom. The standard InChI is InChI=1S/C8H14N4O2.ClH/c1-5-3-10-8(11-5)12-7(13)6(9)4-14-2;/h3,6H,4,9H2,1-2H3,(H2,10,11,12,13);1H. The maximum atomic E-state index is 11.3. The lowest BCUT2D eigenvalue weighted by molar-refractivity contribution is -0.118. The number of carbonyl (C=O) groups is 1. The van der Waals surface area contributed by atoms with Crippen molar-refractivity contribution in [2.45, 2.75) is 13.0 Å². The predicted molar refractivity (Wildman–Crippen MR) is 59.1 cm³/mol. The fourth-order valence-corrected chi connectivity index (χ4v) is 0.941. The summed E-state index contributed by atoms with van der Waals surface area (Å²) in [5.41, 5.74) is 6.38. The fraction of sp³-hybridized carbons (Fsp3) is 0.500. The number of hydrogen-bond donors (Lipinski definition) is 3. The number of carbonyl (C=O) groups excluding carboxylic acids is 1. The molecule has 15 heavy (non-hydrogen) atoms. The number of nitrogens with one attached hydrogen (secondary N) is 2. The summed E-state index contributed by atoms with van der Waals surface area (Å²) < 4.78 is 4.75. The third-order valence-corrected chi connectivity index (χ3v) is 1.63. The highest BCUT2D eigenvalue weighted by molar-refractivity contribution is 5.93. The Hall–Kier alpha value is -1.11. The normalized spacial score (nSPS) is 11.7. The summed E-state index contributed by atoms with van der Waals surface area (Å²) in [7, 11) is 1.49. The summed E-state index contributed by atoms with van der Waals surface area (Å²) in [6.07, 6.45) is 1.62. The average molecular weight is 235 g/mol. The zero-order valence-electron chi connectivity index (χ0n) is 8.61. The summed E-state index contributed by atoms with van der Waals surface area (Å²) in [6.45, 7) is 2.03. The van der Waals surface area contributed by atoms with E-state index in [1.807, 2.05) is 6.92 Å². The lowest BCUT2D eigenvalue weighted by atomic mass is 10.3. The molecule has 0 bridgehead atoms. The van der Waals surface area contributed by atoms with Crippen LogP contribution in [0.5, 0.6) is 0 Å². The maximum absolute atomic E-state index is 11.3. The van der Waals surface area contributed by atoms with Crippen molar-refractivity contribution < 1.29 is 9.53 Å². The first-order chi connectivity index (χ1) is 6.63. The maximum Gasteiger partial charge on any atom is 0.245 e. The Morgan fingerprint density at radius 1 is 1.80 bits per heavy atom. The molecule has 6 nitrogen and oxygen atoms in total. The van der Waals surface area contributed by atoms with Gasteiger partial charge < -0.3 is 15.5 Å². The molecule has 1 heterocycles. The second-order valence-corrected chi connectivity index (χ2v) is 2.97.